The van der Waals surface area contributed by atoms with E-state index in [1.807, 2.05) is 0 Å². The molecule has 2 aliphatic rings. The normalized spacial score (nSPS) is 27.2. The number of rotatable bonds is 6. The summed E-state index contributed by atoms with van der Waals surface area (Å²) in [7, 11) is -1.64. The Labute approximate surface area is 136 Å². The van der Waals surface area contributed by atoms with E-state index >= 15 is 0 Å². The molecule has 1 aromatic heterocycles. The summed E-state index contributed by atoms with van der Waals surface area (Å²) in [6, 6.07) is 1.80. The molecule has 23 heavy (non-hydrogen) atoms. The van der Waals surface area contributed by atoms with Crippen LogP contribution < -0.4 is 14.4 Å². The molecule has 0 saturated carbocycles. The molecular weight excluding hydrogens is 320 g/mol. The van der Waals surface area contributed by atoms with Crippen molar-refractivity contribution in [1.29, 1.82) is 0 Å². The molecule has 0 amide bonds. The first kappa shape index (κ1) is 16.4. The average Bonchev–Trinajstić information content (AvgIpc) is 3.10. The highest BCUT2D eigenvalue weighted by molar-refractivity contribution is 7.89. The Morgan fingerprint density at radius 1 is 1.52 bits per heavy atom. The lowest BCUT2D eigenvalue weighted by atomic mass is 9.81. The summed E-state index contributed by atoms with van der Waals surface area (Å²) in [4.78, 5) is 10.5. The minimum Gasteiger partial charge on any atom is -0.481 e. The van der Waals surface area contributed by atoms with E-state index in [1.165, 1.54) is 6.33 Å². The number of sulfonamides is 1. The van der Waals surface area contributed by atoms with Gasteiger partial charge in [-0.2, -0.15) is 0 Å². The Morgan fingerprint density at radius 3 is 3.09 bits per heavy atom. The molecule has 0 bridgehead atoms. The first-order valence-corrected chi connectivity index (χ1v) is 9.29. The molecule has 2 saturated heterocycles. The van der Waals surface area contributed by atoms with Crippen molar-refractivity contribution in [2.24, 2.45) is 11.3 Å². The monoisotopic (exact) mass is 342 g/mol. The highest BCUT2D eigenvalue weighted by atomic mass is 32.2. The Kier molecular flexibility index (Phi) is 4.43. The Hall–Kier alpha value is -1.45. The molecule has 128 valence electrons. The van der Waals surface area contributed by atoms with Crippen LogP contribution in [0.4, 0.5) is 5.82 Å². The van der Waals surface area contributed by atoms with Crippen molar-refractivity contribution in [2.75, 3.05) is 50.6 Å². The molecule has 3 heterocycles. The number of nitrogens with one attached hydrogen (secondary N) is 1. The van der Waals surface area contributed by atoms with Crippen molar-refractivity contribution in [2.45, 2.75) is 6.92 Å². The van der Waals surface area contributed by atoms with Crippen molar-refractivity contribution < 1.29 is 17.9 Å². The van der Waals surface area contributed by atoms with Gasteiger partial charge in [-0.1, -0.05) is 0 Å². The van der Waals surface area contributed by atoms with Crippen LogP contribution in [-0.4, -0.2) is 64.1 Å². The van der Waals surface area contributed by atoms with E-state index in [1.54, 1.807) is 20.1 Å². The molecule has 1 N–H and O–H groups in total. The fourth-order valence-electron chi connectivity index (χ4n) is 3.23. The summed E-state index contributed by atoms with van der Waals surface area (Å²) in [5, 5.41) is 0. The van der Waals surface area contributed by atoms with Gasteiger partial charge in [0.2, 0.25) is 15.9 Å². The van der Waals surface area contributed by atoms with Gasteiger partial charge in [0.05, 0.1) is 26.1 Å². The van der Waals surface area contributed by atoms with Crippen molar-refractivity contribution in [3.05, 3.63) is 12.4 Å². The van der Waals surface area contributed by atoms with E-state index in [4.69, 9.17) is 9.47 Å². The second-order valence-corrected chi connectivity index (χ2v) is 8.19. The average molecular weight is 342 g/mol. The van der Waals surface area contributed by atoms with Gasteiger partial charge in [0.1, 0.15) is 12.1 Å². The molecule has 0 unspecified atom stereocenters. The summed E-state index contributed by atoms with van der Waals surface area (Å²) >= 11 is 0. The smallest absolute Gasteiger partial charge is 0.218 e. The van der Waals surface area contributed by atoms with Crippen molar-refractivity contribution >= 4 is 15.8 Å². The van der Waals surface area contributed by atoms with Gasteiger partial charge in [0.15, 0.2) is 0 Å². The standard InChI is InChI=1S/C14H22N4O4S/c1-3-23(19,20)17-7-14-8-18(5-11(14)6-22-9-14)12-4-13(21-2)16-10-15-12/h4,10-11,17H,3,5-9H2,1-2H3/t11-,14+/m1/s1. The number of ether oxygens (including phenoxy) is 2. The van der Waals surface area contributed by atoms with E-state index in [9.17, 15) is 8.42 Å². The first-order valence-electron chi connectivity index (χ1n) is 7.64. The molecule has 2 fully saturated rings. The van der Waals surface area contributed by atoms with Crippen LogP contribution in [0.5, 0.6) is 5.88 Å². The number of hydrogen-bond donors (Lipinski definition) is 1. The van der Waals surface area contributed by atoms with Crippen LogP contribution in [0.2, 0.25) is 0 Å². The van der Waals surface area contributed by atoms with Gasteiger partial charge in [-0.15, -0.1) is 0 Å². The molecule has 0 radical (unpaired) electrons. The molecule has 0 aromatic carbocycles. The molecular formula is C14H22N4O4S. The maximum Gasteiger partial charge on any atom is 0.218 e. The third kappa shape index (κ3) is 3.26. The van der Waals surface area contributed by atoms with Crippen molar-refractivity contribution in [1.82, 2.24) is 14.7 Å². The van der Waals surface area contributed by atoms with Gasteiger partial charge >= 0.3 is 0 Å². The van der Waals surface area contributed by atoms with Gasteiger partial charge in [-0.3, -0.25) is 0 Å². The molecule has 1 aromatic rings. The second kappa shape index (κ2) is 6.21. The zero-order valence-electron chi connectivity index (χ0n) is 13.4. The lowest BCUT2D eigenvalue weighted by molar-refractivity contribution is 0.156. The van der Waals surface area contributed by atoms with E-state index < -0.39 is 10.0 Å². The third-order valence-corrected chi connectivity index (χ3v) is 6.05. The number of hydrogen-bond acceptors (Lipinski definition) is 7. The molecule has 8 nitrogen and oxygen atoms in total. The minimum absolute atomic E-state index is 0.0847. The largest absolute Gasteiger partial charge is 0.481 e. The van der Waals surface area contributed by atoms with Gasteiger partial charge in [0.25, 0.3) is 0 Å². The Bertz CT molecular complexity index is 668. The number of fused-ring (bicyclic) bond motifs is 1. The second-order valence-electron chi connectivity index (χ2n) is 6.10. The topological polar surface area (TPSA) is 93.7 Å². The van der Waals surface area contributed by atoms with Crippen LogP contribution in [0.3, 0.4) is 0 Å². The lowest BCUT2D eigenvalue weighted by Crippen LogP contribution is -2.43. The minimum atomic E-state index is -3.21. The maximum atomic E-state index is 11.8. The molecule has 2 aliphatic heterocycles. The maximum absolute atomic E-state index is 11.8. The summed E-state index contributed by atoms with van der Waals surface area (Å²) < 4.78 is 37.0. The van der Waals surface area contributed by atoms with E-state index in [2.05, 4.69) is 19.6 Å². The molecule has 0 spiro atoms. The van der Waals surface area contributed by atoms with Crippen LogP contribution in [0, 0.1) is 11.3 Å². The lowest BCUT2D eigenvalue weighted by Gasteiger charge is -2.27. The number of aromatic nitrogens is 2. The van der Waals surface area contributed by atoms with Crippen LogP contribution >= 0.6 is 0 Å². The highest BCUT2D eigenvalue weighted by Gasteiger charge is 2.51. The first-order chi connectivity index (χ1) is 11.0. The van der Waals surface area contributed by atoms with Crippen molar-refractivity contribution in [3.63, 3.8) is 0 Å². The fourth-order valence-corrected chi connectivity index (χ4v) is 3.94. The van der Waals surface area contributed by atoms with E-state index in [0.717, 1.165) is 12.4 Å². The van der Waals surface area contributed by atoms with Crippen LogP contribution in [0.15, 0.2) is 12.4 Å². The number of anilines is 1. The summed E-state index contributed by atoms with van der Waals surface area (Å²) in [6.45, 7) is 4.72. The zero-order valence-corrected chi connectivity index (χ0v) is 14.2. The van der Waals surface area contributed by atoms with Crippen molar-refractivity contribution in [3.8, 4) is 5.88 Å². The summed E-state index contributed by atoms with van der Waals surface area (Å²) in [5.74, 6) is 1.68. The van der Waals surface area contributed by atoms with E-state index in [-0.39, 0.29) is 17.1 Å². The van der Waals surface area contributed by atoms with Crippen LogP contribution in [-0.2, 0) is 14.8 Å². The molecule has 3 rings (SSSR count). The summed E-state index contributed by atoms with van der Waals surface area (Å²) in [5.41, 5.74) is -0.208. The quantitative estimate of drug-likeness (QED) is 0.770. The Balaban J connectivity index is 1.76. The van der Waals surface area contributed by atoms with Gasteiger partial charge in [0, 0.05) is 37.0 Å². The van der Waals surface area contributed by atoms with E-state index in [0.29, 0.717) is 32.2 Å². The van der Waals surface area contributed by atoms with Crippen LogP contribution in [0.1, 0.15) is 6.92 Å². The fraction of sp³-hybridized carbons (Fsp3) is 0.714. The third-order valence-electron chi connectivity index (χ3n) is 4.71. The predicted octanol–water partition coefficient (Wildman–Crippen LogP) is -0.123. The molecule has 9 heteroatoms. The molecule has 2 atom stereocenters. The van der Waals surface area contributed by atoms with Gasteiger partial charge in [-0.25, -0.2) is 23.1 Å². The molecule has 0 aliphatic carbocycles. The predicted molar refractivity (Wildman–Crippen MR) is 85.0 cm³/mol. The SMILES string of the molecule is CCS(=O)(=O)NC[C@]12COC[C@H]1CN(c1cc(OC)ncn1)C2. The van der Waals surface area contributed by atoms with Gasteiger partial charge in [-0.05, 0) is 6.92 Å². The number of nitrogens with zero attached hydrogens (tertiary/aromatic N) is 3. The highest BCUT2D eigenvalue weighted by Crippen LogP contribution is 2.42. The Morgan fingerprint density at radius 2 is 2.35 bits per heavy atom. The zero-order chi connectivity index (χ0) is 16.5. The van der Waals surface area contributed by atoms with Gasteiger partial charge < -0.3 is 14.4 Å². The van der Waals surface area contributed by atoms with Crippen LogP contribution in [0.25, 0.3) is 0 Å². The summed E-state index contributed by atoms with van der Waals surface area (Å²) in [6.07, 6.45) is 1.48. The number of methoxy groups -OCH3 is 1.